The van der Waals surface area contributed by atoms with Gasteiger partial charge in [-0.25, -0.2) is 15.0 Å². The zero-order chi connectivity index (χ0) is 13.9. The maximum absolute atomic E-state index is 10.2. The molecule has 2 bridgehead atoms. The van der Waals surface area contributed by atoms with Crippen LogP contribution in [0.5, 0.6) is 0 Å². The van der Waals surface area contributed by atoms with Crippen molar-refractivity contribution in [2.75, 3.05) is 18.9 Å². The molecule has 2 saturated heterocycles. The number of hydrogen-bond acceptors (Lipinski definition) is 8. The molecule has 0 saturated carbocycles. The van der Waals surface area contributed by atoms with Crippen molar-refractivity contribution < 1.29 is 19.7 Å². The molecular weight excluding hydrogens is 266 g/mol. The lowest BCUT2D eigenvalue weighted by molar-refractivity contribution is -0.185. The van der Waals surface area contributed by atoms with Gasteiger partial charge in [-0.15, -0.1) is 0 Å². The van der Waals surface area contributed by atoms with E-state index in [-0.39, 0.29) is 19.0 Å². The van der Waals surface area contributed by atoms with Gasteiger partial charge in [0.1, 0.15) is 29.7 Å². The van der Waals surface area contributed by atoms with E-state index in [1.54, 1.807) is 4.57 Å². The van der Waals surface area contributed by atoms with Gasteiger partial charge in [-0.05, 0) is 0 Å². The number of aliphatic hydroxyl groups excluding tert-OH is 2. The van der Waals surface area contributed by atoms with Crippen LogP contribution in [-0.2, 0) is 9.47 Å². The molecule has 2 aromatic heterocycles. The summed E-state index contributed by atoms with van der Waals surface area (Å²) in [6.07, 6.45) is 0.778. The second-order valence-corrected chi connectivity index (χ2v) is 5.03. The quantitative estimate of drug-likeness (QED) is 0.601. The van der Waals surface area contributed by atoms with E-state index < -0.39 is 24.0 Å². The normalized spacial score (nSPS) is 36.0. The van der Waals surface area contributed by atoms with Gasteiger partial charge in [0.25, 0.3) is 0 Å². The zero-order valence-electron chi connectivity index (χ0n) is 10.4. The van der Waals surface area contributed by atoms with Gasteiger partial charge in [-0.3, -0.25) is 4.57 Å². The van der Waals surface area contributed by atoms with Gasteiger partial charge in [0.15, 0.2) is 17.7 Å². The number of rotatable bonds is 2. The van der Waals surface area contributed by atoms with Gasteiger partial charge >= 0.3 is 0 Å². The molecule has 2 aliphatic rings. The lowest BCUT2D eigenvalue weighted by atomic mass is 10.0. The Morgan fingerprint density at radius 1 is 1.45 bits per heavy atom. The Hall–Kier alpha value is -1.81. The van der Waals surface area contributed by atoms with Gasteiger partial charge in [0.2, 0.25) is 0 Å². The summed E-state index contributed by atoms with van der Waals surface area (Å²) in [5.41, 5.74) is 5.62. The average molecular weight is 279 g/mol. The Bertz CT molecular complexity index is 676. The Kier molecular flexibility index (Phi) is 2.31. The second kappa shape index (κ2) is 3.85. The van der Waals surface area contributed by atoms with Crippen LogP contribution in [0.25, 0.3) is 11.2 Å². The molecule has 2 aromatic rings. The lowest BCUT2D eigenvalue weighted by Crippen LogP contribution is -2.44. The van der Waals surface area contributed by atoms with Crippen LogP contribution in [0.2, 0.25) is 0 Å². The third-order valence-electron chi connectivity index (χ3n) is 3.94. The molecule has 106 valence electrons. The van der Waals surface area contributed by atoms with Crippen LogP contribution in [-0.4, -0.2) is 60.8 Å². The van der Waals surface area contributed by atoms with E-state index in [1.807, 2.05) is 0 Å². The highest BCUT2D eigenvalue weighted by Crippen LogP contribution is 2.45. The van der Waals surface area contributed by atoms with Crippen LogP contribution in [0.15, 0.2) is 12.7 Å². The number of aromatic nitrogens is 4. The highest BCUT2D eigenvalue weighted by atomic mass is 16.7. The van der Waals surface area contributed by atoms with Crippen molar-refractivity contribution in [2.24, 2.45) is 0 Å². The molecule has 0 amide bonds. The number of nitrogens with two attached hydrogens (primary N) is 1. The zero-order valence-corrected chi connectivity index (χ0v) is 10.4. The summed E-state index contributed by atoms with van der Waals surface area (Å²) in [5, 5.41) is 19.6. The lowest BCUT2D eigenvalue weighted by Gasteiger charge is -2.29. The summed E-state index contributed by atoms with van der Waals surface area (Å²) in [4.78, 5) is 12.2. The minimum Gasteiger partial charge on any atom is -0.393 e. The monoisotopic (exact) mass is 279 g/mol. The first kappa shape index (κ1) is 12.0. The molecular formula is C11H13N5O4. The largest absolute Gasteiger partial charge is 0.393 e. The fourth-order valence-corrected chi connectivity index (χ4v) is 2.81. The first-order chi connectivity index (χ1) is 9.66. The molecule has 9 heteroatoms. The number of ether oxygens (including phenoxy) is 2. The standard InChI is InChI=1S/C11H13N5O4/c12-8-5-9(14-3-13-8)16(4-15-5)10-6-7(18)11(1-17,20-10)2-19-6/h3-4,6-7,10,17-18H,1-2H2,(H2,12,13,14)/t6?,7?,10?,11-/m0/s1. The van der Waals surface area contributed by atoms with Crippen LogP contribution in [0.4, 0.5) is 5.82 Å². The van der Waals surface area contributed by atoms with E-state index in [4.69, 9.17) is 15.2 Å². The topological polar surface area (TPSA) is 129 Å². The van der Waals surface area contributed by atoms with Gasteiger partial charge in [-0.2, -0.15) is 0 Å². The highest BCUT2D eigenvalue weighted by molar-refractivity contribution is 5.81. The number of nitrogen functional groups attached to an aromatic ring is 1. The Balaban J connectivity index is 1.80. The Morgan fingerprint density at radius 3 is 3.05 bits per heavy atom. The van der Waals surface area contributed by atoms with Crippen molar-refractivity contribution in [3.63, 3.8) is 0 Å². The van der Waals surface area contributed by atoms with Crippen LogP contribution in [0, 0.1) is 0 Å². The van der Waals surface area contributed by atoms with E-state index in [0.717, 1.165) is 0 Å². The Labute approximate surface area is 113 Å². The molecule has 4 atom stereocenters. The van der Waals surface area contributed by atoms with E-state index in [9.17, 15) is 10.2 Å². The van der Waals surface area contributed by atoms with Crippen LogP contribution < -0.4 is 5.73 Å². The van der Waals surface area contributed by atoms with E-state index in [2.05, 4.69) is 15.0 Å². The summed E-state index contributed by atoms with van der Waals surface area (Å²) in [5.74, 6) is 0.273. The molecule has 0 radical (unpaired) electrons. The van der Waals surface area contributed by atoms with Gasteiger partial charge in [-0.1, -0.05) is 0 Å². The first-order valence-corrected chi connectivity index (χ1v) is 6.18. The minimum absolute atomic E-state index is 0.162. The first-order valence-electron chi connectivity index (χ1n) is 6.18. The van der Waals surface area contributed by atoms with Gasteiger partial charge in [0.05, 0.1) is 19.5 Å². The molecule has 4 heterocycles. The number of nitrogens with zero attached hydrogens (tertiary/aromatic N) is 4. The van der Waals surface area contributed by atoms with E-state index in [0.29, 0.717) is 11.2 Å². The third kappa shape index (κ3) is 1.32. The molecule has 2 fully saturated rings. The van der Waals surface area contributed by atoms with Gasteiger partial charge < -0.3 is 25.4 Å². The molecule has 9 nitrogen and oxygen atoms in total. The summed E-state index contributed by atoms with van der Waals surface area (Å²) in [6, 6.07) is 0. The maximum Gasteiger partial charge on any atom is 0.167 e. The summed E-state index contributed by atoms with van der Waals surface area (Å²) in [7, 11) is 0. The predicted molar refractivity (Wildman–Crippen MR) is 65.4 cm³/mol. The smallest absolute Gasteiger partial charge is 0.167 e. The Morgan fingerprint density at radius 2 is 2.30 bits per heavy atom. The van der Waals surface area contributed by atoms with Crippen molar-refractivity contribution in [3.05, 3.63) is 12.7 Å². The number of anilines is 1. The molecule has 3 unspecified atom stereocenters. The number of imidazole rings is 1. The van der Waals surface area contributed by atoms with E-state index >= 15 is 0 Å². The van der Waals surface area contributed by atoms with Crippen molar-refractivity contribution in [2.45, 2.75) is 24.0 Å². The molecule has 4 rings (SSSR count). The molecule has 2 aliphatic heterocycles. The number of hydrogen-bond donors (Lipinski definition) is 3. The summed E-state index contributed by atoms with van der Waals surface area (Å²) < 4.78 is 13.0. The molecule has 4 N–H and O–H groups in total. The molecule has 20 heavy (non-hydrogen) atoms. The van der Waals surface area contributed by atoms with Crippen LogP contribution in [0.1, 0.15) is 6.23 Å². The maximum atomic E-state index is 10.2. The second-order valence-electron chi connectivity index (χ2n) is 5.03. The van der Waals surface area contributed by atoms with Crippen LogP contribution >= 0.6 is 0 Å². The highest BCUT2D eigenvalue weighted by Gasteiger charge is 2.61. The van der Waals surface area contributed by atoms with Gasteiger partial charge in [0, 0.05) is 0 Å². The van der Waals surface area contributed by atoms with Crippen molar-refractivity contribution >= 4 is 17.0 Å². The van der Waals surface area contributed by atoms with Crippen molar-refractivity contribution in [3.8, 4) is 0 Å². The molecule has 0 aromatic carbocycles. The summed E-state index contributed by atoms with van der Waals surface area (Å²) in [6.45, 7) is -0.152. The number of aliphatic hydroxyl groups is 2. The average Bonchev–Trinajstić information content (AvgIpc) is 3.10. The SMILES string of the molecule is Nc1ncnc2c1ncn2C1O[C@@]2(CO)COC1C2O. The number of fused-ring (bicyclic) bond motifs is 3. The van der Waals surface area contributed by atoms with E-state index in [1.165, 1.54) is 12.7 Å². The fourth-order valence-electron chi connectivity index (χ4n) is 2.81. The molecule has 0 spiro atoms. The molecule has 0 aliphatic carbocycles. The van der Waals surface area contributed by atoms with Crippen molar-refractivity contribution in [1.82, 2.24) is 19.5 Å². The minimum atomic E-state index is -1.08. The van der Waals surface area contributed by atoms with Crippen LogP contribution in [0.3, 0.4) is 0 Å². The predicted octanol–water partition coefficient (Wildman–Crippen LogP) is -1.57. The fraction of sp³-hybridized carbons (Fsp3) is 0.545. The van der Waals surface area contributed by atoms with Crippen molar-refractivity contribution in [1.29, 1.82) is 0 Å². The third-order valence-corrected chi connectivity index (χ3v) is 3.94. The summed E-state index contributed by atoms with van der Waals surface area (Å²) >= 11 is 0.